The highest BCUT2D eigenvalue weighted by Gasteiger charge is 2.37. The van der Waals surface area contributed by atoms with E-state index in [9.17, 15) is 13.2 Å². The Bertz CT molecular complexity index is 1320. The number of nitrogens with zero attached hydrogens (tertiary/aromatic N) is 2. The minimum Gasteiger partial charge on any atom is -0.350 e. The van der Waals surface area contributed by atoms with Gasteiger partial charge in [0.2, 0.25) is 15.9 Å². The number of aryl methyl sites for hydroxylation is 1. The highest BCUT2D eigenvalue weighted by Crippen LogP contribution is 2.34. The van der Waals surface area contributed by atoms with Crippen LogP contribution in [0.2, 0.25) is 0 Å². The van der Waals surface area contributed by atoms with E-state index in [4.69, 9.17) is 0 Å². The molecule has 0 radical (unpaired) electrons. The molecule has 1 aliphatic rings. The van der Waals surface area contributed by atoms with Gasteiger partial charge in [0.1, 0.15) is 0 Å². The molecule has 0 saturated heterocycles. The second-order valence-electron chi connectivity index (χ2n) is 10.9. The number of fused-ring (bicyclic) bond motifs is 1. The fourth-order valence-corrected chi connectivity index (χ4v) is 6.22. The summed E-state index contributed by atoms with van der Waals surface area (Å²) in [5.74, 6) is -0.185. The molecule has 226 valence electrons. The first-order valence-electron chi connectivity index (χ1n) is 14.8. The molecule has 1 amide bonds. The fraction of sp³-hybridized carbons (Fsp3) is 0.485. The van der Waals surface area contributed by atoms with Crippen LogP contribution in [0.15, 0.2) is 71.8 Å². The maximum atomic E-state index is 13.6. The molecule has 0 fully saturated rings. The van der Waals surface area contributed by atoms with Crippen molar-refractivity contribution >= 4 is 15.9 Å². The lowest BCUT2D eigenvalue weighted by molar-refractivity contribution is -0.122. The van der Waals surface area contributed by atoms with E-state index in [0.29, 0.717) is 13.1 Å². The van der Waals surface area contributed by atoms with Crippen LogP contribution in [-0.4, -0.2) is 35.3 Å². The van der Waals surface area contributed by atoms with E-state index in [1.54, 1.807) is 24.3 Å². The monoisotopic (exact) mass is 582 g/mol. The van der Waals surface area contributed by atoms with Crippen molar-refractivity contribution in [3.05, 3.63) is 89.2 Å². The number of rotatable bonds is 8. The second kappa shape index (κ2) is 15.3. The van der Waals surface area contributed by atoms with Gasteiger partial charge in [-0.25, -0.2) is 8.42 Å². The summed E-state index contributed by atoms with van der Waals surface area (Å²) in [4.78, 5) is 13.5. The number of hydrogen-bond acceptors (Lipinski definition) is 4. The Morgan fingerprint density at radius 3 is 2.15 bits per heavy atom. The molecule has 41 heavy (non-hydrogen) atoms. The Kier molecular flexibility index (Phi) is 12.8. The quantitative estimate of drug-likeness (QED) is 0.308. The molecule has 2 heterocycles. The van der Waals surface area contributed by atoms with E-state index in [1.165, 1.54) is 9.87 Å². The molecule has 2 aromatic carbocycles. The Balaban J connectivity index is 0.00000141. The normalized spacial score (nSPS) is 15.9. The van der Waals surface area contributed by atoms with Gasteiger partial charge in [0.25, 0.3) is 0 Å². The molecule has 0 bridgehead atoms. The van der Waals surface area contributed by atoms with Gasteiger partial charge >= 0.3 is 0 Å². The second-order valence-corrected chi connectivity index (χ2v) is 12.8. The summed E-state index contributed by atoms with van der Waals surface area (Å²) in [5.41, 5.74) is 4.05. The summed E-state index contributed by atoms with van der Waals surface area (Å²) >= 11 is 0. The van der Waals surface area contributed by atoms with E-state index in [-0.39, 0.29) is 28.8 Å². The van der Waals surface area contributed by atoms with Crippen LogP contribution in [0.5, 0.6) is 0 Å². The third-order valence-corrected chi connectivity index (χ3v) is 8.72. The molecule has 7 nitrogen and oxygen atoms in total. The molecular formula is C33H50N4O3S. The summed E-state index contributed by atoms with van der Waals surface area (Å²) in [7, 11) is -3.76. The number of carbonyl (C=O) groups is 1. The van der Waals surface area contributed by atoms with Crippen molar-refractivity contribution in [1.82, 2.24) is 19.5 Å². The van der Waals surface area contributed by atoms with Crippen LogP contribution < -0.4 is 10.6 Å². The maximum absolute atomic E-state index is 13.6. The standard InChI is InChI=1S/C29H38N4O3S.2C2H6/c1-21-8-14-25(15-9-21)37(35,36)33-18-17-32-16-6-7-26(32)27(33)19-28(34)31-22(2)24-12-10-23(11-13-24)20-30-29(3,4)5;2*1-2/h6-16,22,27,30H,17-20H2,1-5H3,(H,31,34);2*1-2H3/t22-,27?;;/m1../s1. The van der Waals surface area contributed by atoms with Crippen molar-refractivity contribution in [2.24, 2.45) is 0 Å². The summed E-state index contributed by atoms with van der Waals surface area (Å²) in [5, 5.41) is 6.55. The van der Waals surface area contributed by atoms with Gasteiger partial charge in [0, 0.05) is 43.5 Å². The van der Waals surface area contributed by atoms with Gasteiger partial charge in [-0.15, -0.1) is 0 Å². The number of amides is 1. The Hall–Kier alpha value is -2.94. The van der Waals surface area contributed by atoms with E-state index in [2.05, 4.69) is 43.5 Å². The van der Waals surface area contributed by atoms with Crippen LogP contribution in [0, 0.1) is 6.92 Å². The predicted molar refractivity (Wildman–Crippen MR) is 169 cm³/mol. The summed E-state index contributed by atoms with van der Waals surface area (Å²) in [6, 6.07) is 18.1. The van der Waals surface area contributed by atoms with E-state index >= 15 is 0 Å². The van der Waals surface area contributed by atoms with Crippen LogP contribution in [0.3, 0.4) is 0 Å². The van der Waals surface area contributed by atoms with E-state index < -0.39 is 16.1 Å². The largest absolute Gasteiger partial charge is 0.350 e. The molecule has 3 aromatic rings. The van der Waals surface area contributed by atoms with Gasteiger partial charge in [0.15, 0.2) is 0 Å². The third kappa shape index (κ3) is 9.28. The SMILES string of the molecule is CC.CC.Cc1ccc(S(=O)(=O)N2CCn3cccc3C2CC(=O)N[C@H](C)c2ccc(CNC(C)(C)C)cc2)cc1. The van der Waals surface area contributed by atoms with Crippen LogP contribution in [0.1, 0.15) is 96.3 Å². The summed E-state index contributed by atoms with van der Waals surface area (Å²) in [6.45, 7) is 19.9. The smallest absolute Gasteiger partial charge is 0.243 e. The first-order valence-corrected chi connectivity index (χ1v) is 16.2. The number of sulfonamides is 1. The summed E-state index contributed by atoms with van der Waals surface area (Å²) < 4.78 is 30.7. The number of hydrogen-bond donors (Lipinski definition) is 2. The van der Waals surface area contributed by atoms with Crippen molar-refractivity contribution in [2.45, 2.75) is 104 Å². The number of carbonyl (C=O) groups excluding carboxylic acids is 1. The minimum atomic E-state index is -3.76. The molecule has 1 unspecified atom stereocenters. The zero-order chi connectivity index (χ0) is 30.8. The number of aromatic nitrogens is 1. The van der Waals surface area contributed by atoms with E-state index in [0.717, 1.165) is 23.4 Å². The van der Waals surface area contributed by atoms with Crippen molar-refractivity contribution in [3.63, 3.8) is 0 Å². The number of benzene rings is 2. The molecule has 0 saturated carbocycles. The predicted octanol–water partition coefficient (Wildman–Crippen LogP) is 6.75. The average Bonchev–Trinajstić information content (AvgIpc) is 3.44. The molecule has 8 heteroatoms. The maximum Gasteiger partial charge on any atom is 0.243 e. The first-order chi connectivity index (χ1) is 19.4. The molecule has 2 atom stereocenters. The van der Waals surface area contributed by atoms with Gasteiger partial charge in [-0.05, 0) is 70.0 Å². The van der Waals surface area contributed by atoms with Gasteiger partial charge in [0.05, 0.1) is 17.0 Å². The van der Waals surface area contributed by atoms with Crippen LogP contribution in [0.25, 0.3) is 0 Å². The van der Waals surface area contributed by atoms with Gasteiger partial charge in [-0.3, -0.25) is 4.79 Å². The molecule has 1 aliphatic heterocycles. The zero-order valence-corrected chi connectivity index (χ0v) is 27.2. The Morgan fingerprint density at radius 1 is 0.951 bits per heavy atom. The molecule has 0 aliphatic carbocycles. The van der Waals surface area contributed by atoms with E-state index in [1.807, 2.05) is 76.6 Å². The summed E-state index contributed by atoms with van der Waals surface area (Å²) in [6.07, 6.45) is 1.99. The van der Waals surface area contributed by atoms with Crippen LogP contribution in [0.4, 0.5) is 0 Å². The molecule has 1 aromatic heterocycles. The molecule has 2 N–H and O–H groups in total. The topological polar surface area (TPSA) is 83.4 Å². The zero-order valence-electron chi connectivity index (χ0n) is 26.4. The number of nitrogens with one attached hydrogen (secondary N) is 2. The highest BCUT2D eigenvalue weighted by atomic mass is 32.2. The Morgan fingerprint density at radius 2 is 1.56 bits per heavy atom. The average molecular weight is 583 g/mol. The van der Waals surface area contributed by atoms with Crippen molar-refractivity contribution in [2.75, 3.05) is 6.54 Å². The van der Waals surface area contributed by atoms with Crippen molar-refractivity contribution in [1.29, 1.82) is 0 Å². The lowest BCUT2D eigenvalue weighted by Gasteiger charge is -2.36. The van der Waals surface area contributed by atoms with Gasteiger partial charge in [-0.1, -0.05) is 69.7 Å². The molecule has 4 rings (SSSR count). The third-order valence-electron chi connectivity index (χ3n) is 6.80. The van der Waals surface area contributed by atoms with Gasteiger partial charge < -0.3 is 15.2 Å². The van der Waals surface area contributed by atoms with Crippen molar-refractivity contribution in [3.8, 4) is 0 Å². The molecular weight excluding hydrogens is 532 g/mol. The molecule has 0 spiro atoms. The minimum absolute atomic E-state index is 0.0414. The first kappa shape index (κ1) is 34.3. The lowest BCUT2D eigenvalue weighted by Crippen LogP contribution is -2.44. The van der Waals surface area contributed by atoms with Crippen LogP contribution >= 0.6 is 0 Å². The highest BCUT2D eigenvalue weighted by molar-refractivity contribution is 7.89. The van der Waals surface area contributed by atoms with Gasteiger partial charge in [-0.2, -0.15) is 4.31 Å². The lowest BCUT2D eigenvalue weighted by atomic mass is 10.0. The Labute approximate surface area is 248 Å². The van der Waals surface area contributed by atoms with Crippen LogP contribution in [-0.2, 0) is 27.9 Å². The fourth-order valence-electron chi connectivity index (χ4n) is 4.63. The van der Waals surface area contributed by atoms with Crippen molar-refractivity contribution < 1.29 is 13.2 Å².